The third-order valence-electron chi connectivity index (χ3n) is 4.50. The first-order chi connectivity index (χ1) is 12.2. The van der Waals surface area contributed by atoms with Crippen LogP contribution in [0.15, 0.2) is 30.6 Å². The highest BCUT2D eigenvalue weighted by Gasteiger charge is 2.19. The van der Waals surface area contributed by atoms with E-state index in [1.165, 1.54) is 0 Å². The van der Waals surface area contributed by atoms with Crippen LogP contribution < -0.4 is 5.32 Å². The van der Waals surface area contributed by atoms with Gasteiger partial charge in [0, 0.05) is 37.1 Å². The zero-order chi connectivity index (χ0) is 17.5. The molecule has 2 heterocycles. The number of tetrazole rings is 1. The summed E-state index contributed by atoms with van der Waals surface area (Å²) < 4.78 is 7.00. The van der Waals surface area contributed by atoms with Crippen molar-refractivity contribution in [2.24, 2.45) is 5.92 Å². The van der Waals surface area contributed by atoms with E-state index in [4.69, 9.17) is 16.3 Å². The summed E-state index contributed by atoms with van der Waals surface area (Å²) in [5, 5.41) is 15.0. The zero-order valence-electron chi connectivity index (χ0n) is 14.0. The smallest absolute Gasteiger partial charge is 0.220 e. The highest BCUT2D eigenvalue weighted by Crippen LogP contribution is 2.23. The molecule has 1 aliphatic rings. The second kappa shape index (κ2) is 8.92. The van der Waals surface area contributed by atoms with Crippen molar-refractivity contribution in [1.82, 2.24) is 25.5 Å². The van der Waals surface area contributed by atoms with Crippen molar-refractivity contribution >= 4 is 17.5 Å². The van der Waals surface area contributed by atoms with Crippen molar-refractivity contribution < 1.29 is 9.53 Å². The molecule has 0 saturated carbocycles. The van der Waals surface area contributed by atoms with E-state index >= 15 is 0 Å². The van der Waals surface area contributed by atoms with Gasteiger partial charge in [-0.3, -0.25) is 4.79 Å². The fraction of sp³-hybridized carbons (Fsp3) is 0.529. The maximum absolute atomic E-state index is 12.4. The molecule has 1 fully saturated rings. The molecule has 2 aromatic rings. The van der Waals surface area contributed by atoms with Crippen LogP contribution in [0.25, 0.3) is 0 Å². The minimum absolute atomic E-state index is 0.0181. The topological polar surface area (TPSA) is 81.9 Å². The van der Waals surface area contributed by atoms with E-state index in [0.29, 0.717) is 30.5 Å². The van der Waals surface area contributed by atoms with Gasteiger partial charge in [0.15, 0.2) is 0 Å². The lowest BCUT2D eigenvalue weighted by molar-refractivity contribution is -0.121. The lowest BCUT2D eigenvalue weighted by Crippen LogP contribution is -2.33. The molecular weight excluding hydrogens is 342 g/mol. The second-order valence-electron chi connectivity index (χ2n) is 6.34. The summed E-state index contributed by atoms with van der Waals surface area (Å²) in [5.74, 6) is 0.529. The SMILES string of the molecule is O=C(C[C@H](Cn1cnnn1)c1ccc(Cl)cc1)NCC1CCOCC1. The first-order valence-electron chi connectivity index (χ1n) is 8.51. The van der Waals surface area contributed by atoms with Gasteiger partial charge >= 0.3 is 0 Å². The number of rotatable bonds is 7. The van der Waals surface area contributed by atoms with Crippen LogP contribution in [0.1, 0.15) is 30.7 Å². The predicted octanol–water partition coefficient (Wildman–Crippen LogP) is 2.04. The molecule has 0 bridgehead atoms. The van der Waals surface area contributed by atoms with Gasteiger partial charge in [-0.25, -0.2) is 4.68 Å². The average molecular weight is 364 g/mol. The number of carbonyl (C=O) groups excluding carboxylic acids is 1. The highest BCUT2D eigenvalue weighted by atomic mass is 35.5. The van der Waals surface area contributed by atoms with Gasteiger partial charge in [0.05, 0.1) is 6.54 Å². The van der Waals surface area contributed by atoms with Gasteiger partial charge in [-0.2, -0.15) is 0 Å². The molecule has 1 aromatic heterocycles. The lowest BCUT2D eigenvalue weighted by atomic mass is 9.95. The van der Waals surface area contributed by atoms with E-state index in [9.17, 15) is 4.79 Å². The maximum atomic E-state index is 12.4. The van der Waals surface area contributed by atoms with Crippen LogP contribution in [0.2, 0.25) is 5.02 Å². The third-order valence-corrected chi connectivity index (χ3v) is 4.75. The predicted molar refractivity (Wildman–Crippen MR) is 93.2 cm³/mol. The van der Waals surface area contributed by atoms with E-state index in [2.05, 4.69) is 20.8 Å². The fourth-order valence-electron chi connectivity index (χ4n) is 3.02. The number of nitrogens with zero attached hydrogens (tertiary/aromatic N) is 4. The maximum Gasteiger partial charge on any atom is 0.220 e. The minimum atomic E-state index is -0.0181. The van der Waals surface area contributed by atoms with Gasteiger partial charge in [-0.15, -0.1) is 5.10 Å². The van der Waals surface area contributed by atoms with Crippen LogP contribution >= 0.6 is 11.6 Å². The first kappa shape index (κ1) is 17.8. The molecule has 0 unspecified atom stereocenters. The number of hydrogen-bond donors (Lipinski definition) is 1. The Hall–Kier alpha value is -1.99. The first-order valence-corrected chi connectivity index (χ1v) is 8.89. The Morgan fingerprint density at radius 2 is 2.08 bits per heavy atom. The Morgan fingerprint density at radius 3 is 2.76 bits per heavy atom. The van der Waals surface area contributed by atoms with E-state index in [-0.39, 0.29) is 11.8 Å². The van der Waals surface area contributed by atoms with Gasteiger partial charge in [-0.05, 0) is 46.9 Å². The summed E-state index contributed by atoms with van der Waals surface area (Å²) in [6, 6.07) is 7.57. The number of hydrogen-bond acceptors (Lipinski definition) is 5. The van der Waals surface area contributed by atoms with Crippen molar-refractivity contribution in [3.8, 4) is 0 Å². The number of nitrogens with one attached hydrogen (secondary N) is 1. The van der Waals surface area contributed by atoms with Gasteiger partial charge < -0.3 is 10.1 Å². The van der Waals surface area contributed by atoms with E-state index in [1.54, 1.807) is 11.0 Å². The minimum Gasteiger partial charge on any atom is -0.381 e. The number of amides is 1. The summed E-state index contributed by atoms with van der Waals surface area (Å²) in [6.07, 6.45) is 3.95. The van der Waals surface area contributed by atoms with Gasteiger partial charge in [0.2, 0.25) is 5.91 Å². The van der Waals surface area contributed by atoms with Crippen LogP contribution in [0, 0.1) is 5.92 Å². The molecule has 1 saturated heterocycles. The molecule has 3 rings (SSSR count). The Morgan fingerprint density at radius 1 is 1.32 bits per heavy atom. The number of halogens is 1. The van der Waals surface area contributed by atoms with Gasteiger partial charge in [0.1, 0.15) is 6.33 Å². The van der Waals surface area contributed by atoms with Crippen molar-refractivity contribution in [2.45, 2.75) is 31.7 Å². The summed E-state index contributed by atoms with van der Waals surface area (Å²) in [5.41, 5.74) is 1.04. The van der Waals surface area contributed by atoms with Crippen LogP contribution in [-0.2, 0) is 16.1 Å². The molecule has 7 nitrogen and oxygen atoms in total. The summed E-state index contributed by atoms with van der Waals surface area (Å²) in [6.45, 7) is 2.82. The number of carbonyl (C=O) groups is 1. The average Bonchev–Trinajstić information content (AvgIpc) is 3.14. The van der Waals surface area contributed by atoms with Crippen molar-refractivity contribution in [2.75, 3.05) is 19.8 Å². The van der Waals surface area contributed by atoms with Gasteiger partial charge in [0.25, 0.3) is 0 Å². The molecule has 0 radical (unpaired) electrons. The molecule has 1 atom stereocenters. The fourth-order valence-corrected chi connectivity index (χ4v) is 3.14. The van der Waals surface area contributed by atoms with Crippen LogP contribution in [-0.4, -0.2) is 45.9 Å². The number of benzene rings is 1. The molecule has 8 heteroatoms. The van der Waals surface area contributed by atoms with Gasteiger partial charge in [-0.1, -0.05) is 23.7 Å². The molecule has 0 spiro atoms. The van der Waals surface area contributed by atoms with E-state index in [1.807, 2.05) is 24.3 Å². The van der Waals surface area contributed by atoms with Crippen molar-refractivity contribution in [3.63, 3.8) is 0 Å². The molecular formula is C17H22ClN5O2. The summed E-state index contributed by atoms with van der Waals surface area (Å²) >= 11 is 5.97. The molecule has 1 aromatic carbocycles. The Balaban J connectivity index is 1.60. The molecule has 1 amide bonds. The van der Waals surface area contributed by atoms with Crippen LogP contribution in [0.5, 0.6) is 0 Å². The zero-order valence-corrected chi connectivity index (χ0v) is 14.7. The molecule has 134 valence electrons. The van der Waals surface area contributed by atoms with Crippen LogP contribution in [0.4, 0.5) is 0 Å². The number of ether oxygens (including phenoxy) is 1. The second-order valence-corrected chi connectivity index (χ2v) is 6.78. The monoisotopic (exact) mass is 363 g/mol. The lowest BCUT2D eigenvalue weighted by Gasteiger charge is -2.23. The Kier molecular flexibility index (Phi) is 6.36. The molecule has 0 aliphatic carbocycles. The van der Waals surface area contributed by atoms with Crippen LogP contribution in [0.3, 0.4) is 0 Å². The molecule has 1 aliphatic heterocycles. The largest absolute Gasteiger partial charge is 0.381 e. The molecule has 1 N–H and O–H groups in total. The quantitative estimate of drug-likeness (QED) is 0.814. The Labute approximate surface area is 151 Å². The van der Waals surface area contributed by atoms with E-state index in [0.717, 1.165) is 31.6 Å². The Bertz CT molecular complexity index is 656. The highest BCUT2D eigenvalue weighted by molar-refractivity contribution is 6.30. The summed E-state index contributed by atoms with van der Waals surface area (Å²) in [7, 11) is 0. The third kappa shape index (κ3) is 5.51. The van der Waals surface area contributed by atoms with E-state index < -0.39 is 0 Å². The van der Waals surface area contributed by atoms with Crippen molar-refractivity contribution in [3.05, 3.63) is 41.2 Å². The number of aromatic nitrogens is 4. The standard InChI is InChI=1S/C17H22ClN5O2/c18-16-3-1-14(2-4-16)15(11-23-12-20-21-22-23)9-17(24)19-10-13-5-7-25-8-6-13/h1-4,12-13,15H,5-11H2,(H,19,24)/t15-/m1/s1. The molecule has 25 heavy (non-hydrogen) atoms. The summed E-state index contributed by atoms with van der Waals surface area (Å²) in [4.78, 5) is 12.4. The van der Waals surface area contributed by atoms with Crippen molar-refractivity contribution in [1.29, 1.82) is 0 Å². The normalized spacial score (nSPS) is 16.5.